The van der Waals surface area contributed by atoms with Crippen molar-refractivity contribution in [3.05, 3.63) is 77.9 Å². The van der Waals surface area contributed by atoms with E-state index in [1.54, 1.807) is 43.0 Å². The van der Waals surface area contributed by atoms with Crippen LogP contribution in [-0.4, -0.2) is 59.1 Å². The molecule has 1 heterocycles. The zero-order valence-electron chi connectivity index (χ0n) is 24.3. The molecule has 3 aromatic carbocycles. The Morgan fingerprint density at radius 2 is 1.67 bits per heavy atom. The third-order valence-electron chi connectivity index (χ3n) is 7.77. The van der Waals surface area contributed by atoms with Crippen LogP contribution in [0, 0.1) is 0 Å². The smallest absolute Gasteiger partial charge is 0.247 e. The maximum absolute atomic E-state index is 14.2. The lowest BCUT2D eigenvalue weighted by Crippen LogP contribution is -2.47. The molecule has 1 aliphatic carbocycles. The second kappa shape index (κ2) is 13.4. The lowest BCUT2D eigenvalue weighted by atomic mass is 9.94. The van der Waals surface area contributed by atoms with Crippen LogP contribution in [0.2, 0.25) is 0 Å². The van der Waals surface area contributed by atoms with Crippen molar-refractivity contribution in [1.82, 2.24) is 25.2 Å². The lowest BCUT2D eigenvalue weighted by molar-refractivity contribution is -0.142. The number of nitrogens with zero attached hydrogens (tertiary/aromatic N) is 4. The van der Waals surface area contributed by atoms with Crippen LogP contribution in [0.5, 0.6) is 17.2 Å². The fourth-order valence-corrected chi connectivity index (χ4v) is 5.53. The molecule has 0 radical (unpaired) electrons. The van der Waals surface area contributed by atoms with Gasteiger partial charge in [0.05, 0.1) is 26.8 Å². The number of benzene rings is 3. The van der Waals surface area contributed by atoms with Crippen LogP contribution in [-0.2, 0) is 22.7 Å². The minimum absolute atomic E-state index is 0.0612. The number of nitrogens with one attached hydrogen (secondary N) is 1. The van der Waals surface area contributed by atoms with E-state index in [1.807, 2.05) is 54.6 Å². The van der Waals surface area contributed by atoms with Crippen molar-refractivity contribution in [2.45, 2.75) is 57.3 Å². The molecule has 0 bridgehead atoms. The summed E-state index contributed by atoms with van der Waals surface area (Å²) in [6.45, 7) is 0.101. The average Bonchev–Trinajstić information content (AvgIpc) is 3.43. The van der Waals surface area contributed by atoms with E-state index in [1.165, 1.54) is 6.42 Å². The second-order valence-corrected chi connectivity index (χ2v) is 10.5. The molecular weight excluding hydrogens is 534 g/mol. The molecule has 1 fully saturated rings. The summed E-state index contributed by atoms with van der Waals surface area (Å²) < 4.78 is 17.9. The topological polar surface area (TPSA) is 108 Å². The van der Waals surface area contributed by atoms with Gasteiger partial charge in [0.2, 0.25) is 11.8 Å². The number of fused-ring (bicyclic) bond motifs is 1. The van der Waals surface area contributed by atoms with E-state index in [9.17, 15) is 9.59 Å². The number of aromatic nitrogens is 3. The third-order valence-corrected chi connectivity index (χ3v) is 7.77. The number of ether oxygens (including phenoxy) is 3. The largest absolute Gasteiger partial charge is 0.497 e. The summed E-state index contributed by atoms with van der Waals surface area (Å²) >= 11 is 0. The maximum atomic E-state index is 14.2. The first-order valence-corrected chi connectivity index (χ1v) is 14.2. The van der Waals surface area contributed by atoms with Crippen LogP contribution in [0.4, 0.5) is 0 Å². The Balaban J connectivity index is 1.56. The maximum Gasteiger partial charge on any atom is 0.247 e. The van der Waals surface area contributed by atoms with Gasteiger partial charge >= 0.3 is 0 Å². The van der Waals surface area contributed by atoms with E-state index in [-0.39, 0.29) is 30.9 Å². The highest BCUT2D eigenvalue weighted by atomic mass is 16.5. The number of methoxy groups -OCH3 is 3. The SMILES string of the molecule is COc1ccc(CN(C(=O)Cn2nnc3ccccc32)C(C(=O)NC2CCCCC2)c2ccc(OC)c(OC)c2)cc1. The molecule has 1 aliphatic rings. The molecular formula is C32H37N5O5. The van der Waals surface area contributed by atoms with Gasteiger partial charge in [-0.1, -0.05) is 54.8 Å². The lowest BCUT2D eigenvalue weighted by Gasteiger charge is -2.34. The predicted molar refractivity (Wildman–Crippen MR) is 158 cm³/mol. The number of carbonyl (C=O) groups is 2. The molecule has 5 rings (SSSR count). The Hall–Kier alpha value is -4.60. The fourth-order valence-electron chi connectivity index (χ4n) is 5.53. The summed E-state index contributed by atoms with van der Waals surface area (Å²) in [5, 5.41) is 11.7. The quantitative estimate of drug-likeness (QED) is 0.279. The number of carbonyl (C=O) groups excluding carboxylic acids is 2. The zero-order chi connectivity index (χ0) is 29.5. The van der Waals surface area contributed by atoms with Gasteiger partial charge < -0.3 is 24.4 Å². The van der Waals surface area contributed by atoms with Gasteiger partial charge in [-0.15, -0.1) is 5.10 Å². The summed E-state index contributed by atoms with van der Waals surface area (Å²) in [5.41, 5.74) is 2.90. The summed E-state index contributed by atoms with van der Waals surface area (Å²) in [6, 6.07) is 19.4. The number of para-hydroxylation sites is 1. The van der Waals surface area contributed by atoms with Crippen LogP contribution in [0.15, 0.2) is 66.7 Å². The van der Waals surface area contributed by atoms with Crippen LogP contribution in [0.25, 0.3) is 11.0 Å². The summed E-state index contributed by atoms with van der Waals surface area (Å²) in [6.07, 6.45) is 5.14. The predicted octanol–water partition coefficient (Wildman–Crippen LogP) is 4.68. The summed E-state index contributed by atoms with van der Waals surface area (Å²) in [5.74, 6) is 1.20. The molecule has 1 aromatic heterocycles. The van der Waals surface area contributed by atoms with Crippen molar-refractivity contribution in [3.63, 3.8) is 0 Å². The molecule has 1 N–H and O–H groups in total. The number of amides is 2. The van der Waals surface area contributed by atoms with Crippen LogP contribution in [0.1, 0.15) is 49.3 Å². The van der Waals surface area contributed by atoms with Gasteiger partial charge in [0.15, 0.2) is 11.5 Å². The summed E-state index contributed by atoms with van der Waals surface area (Å²) in [7, 11) is 4.72. The molecule has 4 aromatic rings. The molecule has 1 atom stereocenters. The molecule has 10 nitrogen and oxygen atoms in total. The highest BCUT2D eigenvalue weighted by molar-refractivity contribution is 5.89. The Morgan fingerprint density at radius 1 is 0.929 bits per heavy atom. The molecule has 10 heteroatoms. The Kier molecular flexibility index (Phi) is 9.21. The minimum Gasteiger partial charge on any atom is -0.497 e. The standard InChI is InChI=1S/C32H37N5O5/c1-40-25-16-13-22(14-17-25)20-36(30(38)21-37-27-12-8-7-11-26(27)34-35-37)31(32(39)33-24-9-5-4-6-10-24)23-15-18-28(41-2)29(19-23)42-3/h7-8,11-19,24,31H,4-6,9-10,20-21H2,1-3H3,(H,33,39). The first-order chi connectivity index (χ1) is 20.5. The van der Waals surface area contributed by atoms with Gasteiger partial charge in [-0.2, -0.15) is 0 Å². The van der Waals surface area contributed by atoms with E-state index in [0.717, 1.165) is 36.8 Å². The van der Waals surface area contributed by atoms with Gasteiger partial charge in [-0.25, -0.2) is 4.68 Å². The van der Waals surface area contributed by atoms with E-state index in [0.29, 0.717) is 28.3 Å². The molecule has 2 amide bonds. The molecule has 42 heavy (non-hydrogen) atoms. The highest BCUT2D eigenvalue weighted by Gasteiger charge is 2.34. The highest BCUT2D eigenvalue weighted by Crippen LogP contribution is 2.34. The summed E-state index contributed by atoms with van der Waals surface area (Å²) in [4.78, 5) is 30.0. The van der Waals surface area contributed by atoms with Crippen LogP contribution in [0.3, 0.4) is 0 Å². The average molecular weight is 572 g/mol. The molecule has 1 saturated carbocycles. The Morgan fingerprint density at radius 3 is 2.38 bits per heavy atom. The van der Waals surface area contributed by atoms with Crippen molar-refractivity contribution in [2.75, 3.05) is 21.3 Å². The molecule has 0 aliphatic heterocycles. The van der Waals surface area contributed by atoms with E-state index in [4.69, 9.17) is 14.2 Å². The number of rotatable bonds is 11. The molecule has 0 saturated heterocycles. The Bertz CT molecular complexity index is 1510. The van der Waals surface area contributed by atoms with Crippen molar-refractivity contribution in [3.8, 4) is 17.2 Å². The van der Waals surface area contributed by atoms with Gasteiger partial charge in [0, 0.05) is 12.6 Å². The Labute approximate surface area is 245 Å². The van der Waals surface area contributed by atoms with Crippen molar-refractivity contribution in [2.24, 2.45) is 0 Å². The van der Waals surface area contributed by atoms with E-state index in [2.05, 4.69) is 15.6 Å². The van der Waals surface area contributed by atoms with Gasteiger partial charge in [-0.3, -0.25) is 9.59 Å². The van der Waals surface area contributed by atoms with Crippen molar-refractivity contribution >= 4 is 22.8 Å². The molecule has 0 spiro atoms. The van der Waals surface area contributed by atoms with Gasteiger partial charge in [0.25, 0.3) is 0 Å². The number of hydrogen-bond donors (Lipinski definition) is 1. The van der Waals surface area contributed by atoms with Crippen molar-refractivity contribution < 1.29 is 23.8 Å². The van der Waals surface area contributed by atoms with E-state index < -0.39 is 6.04 Å². The van der Waals surface area contributed by atoms with Crippen LogP contribution < -0.4 is 19.5 Å². The fraction of sp³-hybridized carbons (Fsp3) is 0.375. The molecule has 1 unspecified atom stereocenters. The third kappa shape index (κ3) is 6.48. The minimum atomic E-state index is -0.934. The van der Waals surface area contributed by atoms with Gasteiger partial charge in [0.1, 0.15) is 23.9 Å². The first kappa shape index (κ1) is 28.9. The molecule has 220 valence electrons. The first-order valence-electron chi connectivity index (χ1n) is 14.2. The van der Waals surface area contributed by atoms with Gasteiger partial charge in [-0.05, 0) is 60.4 Å². The monoisotopic (exact) mass is 571 g/mol. The number of hydrogen-bond acceptors (Lipinski definition) is 7. The normalized spacial score (nSPS) is 14.3. The second-order valence-electron chi connectivity index (χ2n) is 10.5. The van der Waals surface area contributed by atoms with E-state index >= 15 is 0 Å². The van der Waals surface area contributed by atoms with Crippen molar-refractivity contribution in [1.29, 1.82) is 0 Å². The van der Waals surface area contributed by atoms with Crippen LogP contribution >= 0.6 is 0 Å². The zero-order valence-corrected chi connectivity index (χ0v) is 24.3.